The van der Waals surface area contributed by atoms with Crippen LogP contribution in [0.15, 0.2) is 30.3 Å². The summed E-state index contributed by atoms with van der Waals surface area (Å²) in [6.45, 7) is 8.42. The van der Waals surface area contributed by atoms with Crippen LogP contribution in [0.2, 0.25) is 0 Å². The van der Waals surface area contributed by atoms with Gasteiger partial charge >= 0.3 is 0 Å². The third-order valence-electron chi connectivity index (χ3n) is 3.49. The Balaban J connectivity index is 1.98. The first kappa shape index (κ1) is 15.1. The summed E-state index contributed by atoms with van der Waals surface area (Å²) in [6, 6.07) is 10.8. The SMILES string of the molecule is Cc1ccc(C(C)NC(C)Cc2ccc(C)s2)c(O)c1. The summed E-state index contributed by atoms with van der Waals surface area (Å²) in [5.74, 6) is 0.379. The maximum atomic E-state index is 10.0. The third kappa shape index (κ3) is 3.84. The van der Waals surface area contributed by atoms with E-state index in [1.807, 2.05) is 36.5 Å². The first-order valence-corrected chi connectivity index (χ1v) is 7.88. The molecule has 0 amide bonds. The highest BCUT2D eigenvalue weighted by molar-refractivity contribution is 7.11. The fourth-order valence-corrected chi connectivity index (χ4v) is 3.51. The van der Waals surface area contributed by atoms with Gasteiger partial charge in [0.1, 0.15) is 5.75 Å². The number of phenolic OH excluding ortho intramolecular Hbond substituents is 1. The molecule has 2 unspecified atom stereocenters. The van der Waals surface area contributed by atoms with E-state index in [2.05, 4.69) is 38.2 Å². The Morgan fingerprint density at radius 3 is 2.50 bits per heavy atom. The van der Waals surface area contributed by atoms with Gasteiger partial charge in [-0.1, -0.05) is 12.1 Å². The summed E-state index contributed by atoms with van der Waals surface area (Å²) in [6.07, 6.45) is 1.02. The van der Waals surface area contributed by atoms with Crippen molar-refractivity contribution in [3.05, 3.63) is 51.2 Å². The number of benzene rings is 1. The van der Waals surface area contributed by atoms with Gasteiger partial charge in [-0.15, -0.1) is 11.3 Å². The molecular weight excluding hydrogens is 266 g/mol. The van der Waals surface area contributed by atoms with Gasteiger partial charge in [0, 0.05) is 27.4 Å². The Morgan fingerprint density at radius 2 is 1.90 bits per heavy atom. The molecule has 3 heteroatoms. The summed E-state index contributed by atoms with van der Waals surface area (Å²) in [5, 5.41) is 13.6. The molecule has 0 aliphatic carbocycles. The topological polar surface area (TPSA) is 32.3 Å². The van der Waals surface area contributed by atoms with Crippen LogP contribution in [0.25, 0.3) is 0 Å². The lowest BCUT2D eigenvalue weighted by Gasteiger charge is -2.21. The highest BCUT2D eigenvalue weighted by Crippen LogP contribution is 2.26. The predicted molar refractivity (Wildman–Crippen MR) is 86.6 cm³/mol. The van der Waals surface area contributed by atoms with E-state index >= 15 is 0 Å². The Labute approximate surface area is 125 Å². The van der Waals surface area contributed by atoms with Gasteiger partial charge in [0.05, 0.1) is 0 Å². The van der Waals surface area contributed by atoms with E-state index in [1.165, 1.54) is 9.75 Å². The number of thiophene rings is 1. The molecule has 108 valence electrons. The van der Waals surface area contributed by atoms with Crippen molar-refractivity contribution >= 4 is 11.3 Å². The monoisotopic (exact) mass is 289 g/mol. The summed E-state index contributed by atoms with van der Waals surface area (Å²) in [4.78, 5) is 2.76. The smallest absolute Gasteiger partial charge is 0.120 e. The number of phenols is 1. The molecule has 0 aliphatic rings. The average Bonchev–Trinajstić information content (AvgIpc) is 2.74. The number of aryl methyl sites for hydroxylation is 2. The number of rotatable bonds is 5. The average molecular weight is 289 g/mol. The van der Waals surface area contributed by atoms with Crippen LogP contribution in [-0.2, 0) is 6.42 Å². The molecule has 1 aromatic heterocycles. The zero-order chi connectivity index (χ0) is 14.7. The Hall–Kier alpha value is -1.32. The van der Waals surface area contributed by atoms with Crippen LogP contribution in [0.1, 0.15) is 40.8 Å². The Bertz CT molecular complexity index is 576. The van der Waals surface area contributed by atoms with Gasteiger partial charge in [0.2, 0.25) is 0 Å². The molecule has 1 heterocycles. The van der Waals surface area contributed by atoms with E-state index in [9.17, 15) is 5.11 Å². The summed E-state index contributed by atoms with van der Waals surface area (Å²) in [5.41, 5.74) is 2.05. The largest absolute Gasteiger partial charge is 0.508 e. The summed E-state index contributed by atoms with van der Waals surface area (Å²) in [7, 11) is 0. The molecule has 2 atom stereocenters. The fourth-order valence-electron chi connectivity index (χ4n) is 2.49. The quantitative estimate of drug-likeness (QED) is 0.857. The Kier molecular flexibility index (Phi) is 4.84. The van der Waals surface area contributed by atoms with E-state index in [0.717, 1.165) is 17.5 Å². The highest BCUT2D eigenvalue weighted by atomic mass is 32.1. The van der Waals surface area contributed by atoms with E-state index in [0.29, 0.717) is 11.8 Å². The van der Waals surface area contributed by atoms with Crippen molar-refractivity contribution in [2.75, 3.05) is 0 Å². The number of hydrogen-bond acceptors (Lipinski definition) is 3. The second-order valence-corrected chi connectivity index (χ2v) is 6.94. The minimum Gasteiger partial charge on any atom is -0.508 e. The van der Waals surface area contributed by atoms with Crippen molar-refractivity contribution in [2.24, 2.45) is 0 Å². The van der Waals surface area contributed by atoms with Crippen LogP contribution >= 0.6 is 11.3 Å². The van der Waals surface area contributed by atoms with Crippen molar-refractivity contribution in [1.82, 2.24) is 5.32 Å². The van der Waals surface area contributed by atoms with Gasteiger partial charge in [-0.05, 0) is 57.9 Å². The first-order chi connectivity index (χ1) is 9.45. The van der Waals surface area contributed by atoms with Crippen LogP contribution in [0.3, 0.4) is 0 Å². The minimum atomic E-state index is 0.145. The van der Waals surface area contributed by atoms with Gasteiger partial charge in [-0.3, -0.25) is 0 Å². The van der Waals surface area contributed by atoms with Crippen LogP contribution in [0.5, 0.6) is 5.75 Å². The molecule has 1 aromatic carbocycles. The van der Waals surface area contributed by atoms with Crippen LogP contribution < -0.4 is 5.32 Å². The number of nitrogens with one attached hydrogen (secondary N) is 1. The molecule has 2 N–H and O–H groups in total. The van der Waals surface area contributed by atoms with Crippen molar-refractivity contribution in [3.8, 4) is 5.75 Å². The van der Waals surface area contributed by atoms with Crippen molar-refractivity contribution in [3.63, 3.8) is 0 Å². The highest BCUT2D eigenvalue weighted by Gasteiger charge is 2.13. The second-order valence-electron chi connectivity index (χ2n) is 5.57. The molecule has 20 heavy (non-hydrogen) atoms. The number of hydrogen-bond donors (Lipinski definition) is 2. The van der Waals surface area contributed by atoms with E-state index in [1.54, 1.807) is 0 Å². The molecule has 2 aromatic rings. The summed E-state index contributed by atoms with van der Waals surface area (Å²) >= 11 is 1.85. The minimum absolute atomic E-state index is 0.145. The zero-order valence-electron chi connectivity index (χ0n) is 12.6. The fraction of sp³-hybridized carbons (Fsp3) is 0.412. The standard InChI is InChI=1S/C17H23NOS/c1-11-5-8-16(17(19)9-11)14(4)18-12(2)10-15-7-6-13(3)20-15/h5-9,12,14,18-19H,10H2,1-4H3. The molecule has 0 aliphatic heterocycles. The van der Waals surface area contributed by atoms with Gasteiger partial charge in [-0.25, -0.2) is 0 Å². The Morgan fingerprint density at radius 1 is 1.15 bits per heavy atom. The molecule has 0 fully saturated rings. The lowest BCUT2D eigenvalue weighted by molar-refractivity contribution is 0.434. The summed E-state index contributed by atoms with van der Waals surface area (Å²) < 4.78 is 0. The first-order valence-electron chi connectivity index (χ1n) is 7.06. The molecule has 0 bridgehead atoms. The second kappa shape index (κ2) is 6.42. The van der Waals surface area contributed by atoms with Gasteiger partial charge in [0.15, 0.2) is 0 Å². The van der Waals surface area contributed by atoms with Crippen molar-refractivity contribution in [1.29, 1.82) is 0 Å². The normalized spacial score (nSPS) is 14.2. The molecule has 0 spiro atoms. The third-order valence-corrected chi connectivity index (χ3v) is 4.51. The zero-order valence-corrected chi connectivity index (χ0v) is 13.4. The molecule has 0 saturated heterocycles. The van der Waals surface area contributed by atoms with E-state index < -0.39 is 0 Å². The van der Waals surface area contributed by atoms with Crippen molar-refractivity contribution < 1.29 is 5.11 Å². The molecule has 2 rings (SSSR count). The van der Waals surface area contributed by atoms with Crippen LogP contribution in [0, 0.1) is 13.8 Å². The lowest BCUT2D eigenvalue weighted by Crippen LogP contribution is -2.30. The molecule has 0 saturated carbocycles. The van der Waals surface area contributed by atoms with Gasteiger partial charge in [0.25, 0.3) is 0 Å². The van der Waals surface area contributed by atoms with Gasteiger partial charge in [-0.2, -0.15) is 0 Å². The van der Waals surface area contributed by atoms with Gasteiger partial charge < -0.3 is 10.4 Å². The molecular formula is C17H23NOS. The lowest BCUT2D eigenvalue weighted by atomic mass is 10.0. The maximum Gasteiger partial charge on any atom is 0.120 e. The van der Waals surface area contributed by atoms with Crippen molar-refractivity contribution in [2.45, 2.75) is 46.2 Å². The van der Waals surface area contributed by atoms with Crippen LogP contribution in [-0.4, -0.2) is 11.1 Å². The van der Waals surface area contributed by atoms with Crippen LogP contribution in [0.4, 0.5) is 0 Å². The predicted octanol–water partition coefficient (Wildman–Crippen LogP) is 4.35. The molecule has 0 radical (unpaired) electrons. The number of aromatic hydroxyl groups is 1. The van der Waals surface area contributed by atoms with E-state index in [-0.39, 0.29) is 6.04 Å². The maximum absolute atomic E-state index is 10.0. The van der Waals surface area contributed by atoms with E-state index in [4.69, 9.17) is 0 Å². The molecule has 2 nitrogen and oxygen atoms in total.